The Hall–Kier alpha value is -1.39. The number of carbonyl (C=O) groups excluding carboxylic acids is 1. The van der Waals surface area contributed by atoms with Crippen LogP contribution < -0.4 is 0 Å². The Morgan fingerprint density at radius 3 is 2.29 bits per heavy atom. The molecule has 24 heavy (non-hydrogen) atoms. The lowest BCUT2D eigenvalue weighted by Crippen LogP contribution is -2.56. The number of benzene rings is 1. The van der Waals surface area contributed by atoms with Gasteiger partial charge in [0, 0.05) is 25.7 Å². The van der Waals surface area contributed by atoms with Crippen LogP contribution in [0.2, 0.25) is 0 Å². The average Bonchev–Trinajstić information content (AvgIpc) is 2.76. The molecule has 2 heterocycles. The van der Waals surface area contributed by atoms with Crippen molar-refractivity contribution in [2.45, 2.75) is 62.6 Å². The summed E-state index contributed by atoms with van der Waals surface area (Å²) in [6, 6.07) is 10.7. The van der Waals surface area contributed by atoms with Crippen LogP contribution in [0.25, 0.3) is 0 Å². The van der Waals surface area contributed by atoms with Crippen LogP contribution in [-0.2, 0) is 14.9 Å². The number of carbonyl (C=O) groups is 1. The second-order valence-corrected chi connectivity index (χ2v) is 7.97. The molecule has 0 amide bonds. The van der Waals surface area contributed by atoms with Crippen molar-refractivity contribution in [3.63, 3.8) is 0 Å². The summed E-state index contributed by atoms with van der Waals surface area (Å²) in [4.78, 5) is 13.0. The third-order valence-electron chi connectivity index (χ3n) is 6.65. The topological polar surface area (TPSA) is 46.5 Å². The van der Waals surface area contributed by atoms with Crippen molar-refractivity contribution in [3.8, 4) is 0 Å². The van der Waals surface area contributed by atoms with Crippen LogP contribution in [0.5, 0.6) is 0 Å². The standard InChI is InChI=1S/C20H30NO3/c1-4-20(14-22,15-8-6-5-7-9-15)19(23)24-18-12-16-10-11-17(13-18)21(16,2)3/h5-9,16-18,22H,4,10-14H2,1-3H3/q+1. The maximum absolute atomic E-state index is 13.0. The molecule has 0 radical (unpaired) electrons. The van der Waals surface area contributed by atoms with Crippen molar-refractivity contribution < 1.29 is 19.1 Å². The fourth-order valence-corrected chi connectivity index (χ4v) is 4.68. The number of hydrogen-bond donors (Lipinski definition) is 1. The zero-order valence-corrected chi connectivity index (χ0v) is 15.1. The number of aliphatic hydroxyl groups excluding tert-OH is 1. The Kier molecular flexibility index (Phi) is 4.71. The van der Waals surface area contributed by atoms with Gasteiger partial charge in [0.1, 0.15) is 11.5 Å². The SMILES string of the molecule is CCC(CO)(C(=O)OC1CC2CCC(C1)[N+]2(C)C)c1ccccc1. The molecule has 0 saturated carbocycles. The number of nitrogens with zero attached hydrogens (tertiary/aromatic N) is 1. The van der Waals surface area contributed by atoms with Gasteiger partial charge in [0.15, 0.2) is 0 Å². The second-order valence-electron chi connectivity index (χ2n) is 7.97. The molecule has 0 spiro atoms. The first-order chi connectivity index (χ1) is 11.4. The Labute approximate surface area is 145 Å². The molecule has 2 bridgehead atoms. The average molecular weight is 332 g/mol. The van der Waals surface area contributed by atoms with Crippen LogP contribution in [0.4, 0.5) is 0 Å². The monoisotopic (exact) mass is 332 g/mol. The molecule has 2 aliphatic rings. The van der Waals surface area contributed by atoms with E-state index < -0.39 is 5.41 Å². The van der Waals surface area contributed by atoms with Crippen LogP contribution in [0.1, 0.15) is 44.6 Å². The summed E-state index contributed by atoms with van der Waals surface area (Å²) in [5.74, 6) is -0.268. The maximum atomic E-state index is 13.0. The fraction of sp³-hybridized carbons (Fsp3) is 0.650. The minimum Gasteiger partial charge on any atom is -0.461 e. The molecule has 0 aliphatic carbocycles. The van der Waals surface area contributed by atoms with Crippen molar-refractivity contribution in [1.29, 1.82) is 0 Å². The van der Waals surface area contributed by atoms with E-state index in [0.29, 0.717) is 18.5 Å². The summed E-state index contributed by atoms with van der Waals surface area (Å²) in [6.45, 7) is 1.72. The minimum absolute atomic E-state index is 0.0117. The Morgan fingerprint density at radius 1 is 1.21 bits per heavy atom. The van der Waals surface area contributed by atoms with Gasteiger partial charge in [-0.05, 0) is 12.0 Å². The van der Waals surface area contributed by atoms with Crippen LogP contribution in [0.3, 0.4) is 0 Å². The Bertz CT molecular complexity index is 564. The summed E-state index contributed by atoms with van der Waals surface area (Å²) in [5.41, 5.74) is -0.0998. The lowest BCUT2D eigenvalue weighted by Gasteiger charge is -2.44. The summed E-state index contributed by atoms with van der Waals surface area (Å²) in [7, 11) is 4.60. The van der Waals surface area contributed by atoms with Crippen molar-refractivity contribution in [2.75, 3.05) is 20.7 Å². The first-order valence-corrected chi connectivity index (χ1v) is 9.15. The molecule has 2 saturated heterocycles. The summed E-state index contributed by atoms with van der Waals surface area (Å²) in [6.07, 6.45) is 4.85. The quantitative estimate of drug-likeness (QED) is 0.666. The van der Waals surface area contributed by atoms with Gasteiger partial charge in [-0.25, -0.2) is 0 Å². The molecule has 3 rings (SSSR count). The van der Waals surface area contributed by atoms with E-state index in [1.54, 1.807) is 0 Å². The molecule has 4 heteroatoms. The van der Waals surface area contributed by atoms with E-state index >= 15 is 0 Å². The molecule has 1 aromatic rings. The van der Waals surface area contributed by atoms with E-state index in [-0.39, 0.29) is 18.7 Å². The molecular weight excluding hydrogens is 302 g/mol. The molecule has 2 aliphatic heterocycles. The maximum Gasteiger partial charge on any atom is 0.319 e. The van der Waals surface area contributed by atoms with E-state index in [2.05, 4.69) is 14.1 Å². The van der Waals surface area contributed by atoms with Crippen LogP contribution in [0, 0.1) is 0 Å². The van der Waals surface area contributed by atoms with Gasteiger partial charge in [-0.2, -0.15) is 0 Å². The van der Waals surface area contributed by atoms with Gasteiger partial charge in [0.05, 0.1) is 32.8 Å². The highest BCUT2D eigenvalue weighted by molar-refractivity contribution is 5.83. The second kappa shape index (κ2) is 6.49. The molecule has 2 fully saturated rings. The highest BCUT2D eigenvalue weighted by Crippen LogP contribution is 2.41. The fourth-order valence-electron chi connectivity index (χ4n) is 4.68. The Morgan fingerprint density at radius 2 is 1.79 bits per heavy atom. The molecule has 3 unspecified atom stereocenters. The van der Waals surface area contributed by atoms with Crippen LogP contribution in [0.15, 0.2) is 30.3 Å². The number of aliphatic hydroxyl groups is 1. The zero-order valence-electron chi connectivity index (χ0n) is 15.1. The smallest absolute Gasteiger partial charge is 0.319 e. The summed E-state index contributed by atoms with van der Waals surface area (Å²) in [5, 5.41) is 10.0. The normalized spacial score (nSPS) is 30.6. The lowest BCUT2D eigenvalue weighted by molar-refractivity contribution is -0.931. The molecule has 132 valence electrons. The van der Waals surface area contributed by atoms with Crippen LogP contribution >= 0.6 is 0 Å². The molecule has 3 atom stereocenters. The van der Waals surface area contributed by atoms with Gasteiger partial charge < -0.3 is 14.3 Å². The van der Waals surface area contributed by atoms with Gasteiger partial charge in [0.2, 0.25) is 0 Å². The molecule has 4 nitrogen and oxygen atoms in total. The summed E-state index contributed by atoms with van der Waals surface area (Å²) < 4.78 is 7.02. The first kappa shape index (κ1) is 17.4. The largest absolute Gasteiger partial charge is 0.461 e. The van der Waals surface area contributed by atoms with E-state index in [0.717, 1.165) is 22.9 Å². The van der Waals surface area contributed by atoms with Crippen molar-refractivity contribution in [1.82, 2.24) is 0 Å². The highest BCUT2D eigenvalue weighted by Gasteiger charge is 2.51. The number of rotatable bonds is 5. The molecule has 0 aromatic heterocycles. The predicted octanol–water partition coefficient (Wildman–Crippen LogP) is 2.64. The first-order valence-electron chi connectivity index (χ1n) is 9.15. The molecular formula is C20H30NO3+. The van der Waals surface area contributed by atoms with E-state index in [1.165, 1.54) is 12.8 Å². The van der Waals surface area contributed by atoms with Crippen molar-refractivity contribution >= 4 is 5.97 Å². The Balaban J connectivity index is 1.76. The van der Waals surface area contributed by atoms with Gasteiger partial charge in [-0.15, -0.1) is 0 Å². The van der Waals surface area contributed by atoms with Crippen molar-refractivity contribution in [2.24, 2.45) is 0 Å². The number of esters is 1. The number of fused-ring (bicyclic) bond motifs is 2. The van der Waals surface area contributed by atoms with E-state index in [4.69, 9.17) is 4.74 Å². The molecule has 1 N–H and O–H groups in total. The highest BCUT2D eigenvalue weighted by atomic mass is 16.5. The molecule has 1 aromatic carbocycles. The van der Waals surface area contributed by atoms with Gasteiger partial charge in [-0.3, -0.25) is 4.79 Å². The van der Waals surface area contributed by atoms with Gasteiger partial charge in [-0.1, -0.05) is 37.3 Å². The minimum atomic E-state index is -0.942. The zero-order chi connectivity index (χ0) is 17.4. The lowest BCUT2D eigenvalue weighted by atomic mass is 9.78. The summed E-state index contributed by atoms with van der Waals surface area (Å²) >= 11 is 0. The number of hydrogen-bond acceptors (Lipinski definition) is 3. The van der Waals surface area contributed by atoms with Gasteiger partial charge >= 0.3 is 5.97 Å². The van der Waals surface area contributed by atoms with E-state index in [9.17, 15) is 9.90 Å². The van der Waals surface area contributed by atoms with Crippen molar-refractivity contribution in [3.05, 3.63) is 35.9 Å². The van der Waals surface area contributed by atoms with Gasteiger partial charge in [0.25, 0.3) is 0 Å². The third-order valence-corrected chi connectivity index (χ3v) is 6.65. The van der Waals surface area contributed by atoms with Crippen LogP contribution in [-0.4, -0.2) is 54.4 Å². The number of quaternary nitrogens is 1. The number of piperidine rings is 1. The third kappa shape index (κ3) is 2.76. The van der Waals surface area contributed by atoms with E-state index in [1.807, 2.05) is 37.3 Å². The predicted molar refractivity (Wildman–Crippen MR) is 93.5 cm³/mol. The number of ether oxygens (including phenoxy) is 1.